The summed E-state index contributed by atoms with van der Waals surface area (Å²) in [4.78, 5) is 31.1. The minimum Gasteiger partial charge on any atom is -0.356 e. The molecule has 2 aromatic heterocycles. The van der Waals surface area contributed by atoms with E-state index in [-0.39, 0.29) is 5.91 Å². The van der Waals surface area contributed by atoms with Crippen molar-refractivity contribution in [3.05, 3.63) is 40.0 Å². The van der Waals surface area contributed by atoms with Crippen LogP contribution in [-0.2, 0) is 11.2 Å². The molecule has 0 aliphatic carbocycles. The number of guanidine groups is 1. The molecule has 1 amide bonds. The zero-order chi connectivity index (χ0) is 21.3. The van der Waals surface area contributed by atoms with Crippen molar-refractivity contribution in [1.82, 2.24) is 25.5 Å². The first-order valence-electron chi connectivity index (χ1n) is 10.4. The standard InChI is InChI=1S/C21H31N7OS/c1-16-17(2)30-19(26-16)7-10-24-21(22-3)25-11-8-20(29)28-14-12-27(13-15-28)18-6-4-5-9-23-18/h4-6,9H,7-8,10-15H2,1-3H3,(H2,22,24,25). The highest BCUT2D eigenvalue weighted by molar-refractivity contribution is 7.11. The summed E-state index contributed by atoms with van der Waals surface area (Å²) in [5.41, 5.74) is 1.11. The number of hydrogen-bond acceptors (Lipinski definition) is 6. The average molecular weight is 430 g/mol. The first-order valence-corrected chi connectivity index (χ1v) is 11.2. The zero-order valence-corrected chi connectivity index (χ0v) is 18.8. The minimum absolute atomic E-state index is 0.173. The Morgan fingerprint density at radius 1 is 1.17 bits per heavy atom. The van der Waals surface area contributed by atoms with Crippen LogP contribution in [0.3, 0.4) is 0 Å². The van der Waals surface area contributed by atoms with Crippen LogP contribution in [0.4, 0.5) is 5.82 Å². The normalized spacial score (nSPS) is 14.7. The van der Waals surface area contributed by atoms with Gasteiger partial charge in [0.25, 0.3) is 0 Å². The van der Waals surface area contributed by atoms with E-state index in [1.807, 2.05) is 30.0 Å². The summed E-state index contributed by atoms with van der Waals surface area (Å²) in [6, 6.07) is 5.92. The van der Waals surface area contributed by atoms with E-state index in [1.54, 1.807) is 24.6 Å². The van der Waals surface area contributed by atoms with Crippen molar-refractivity contribution in [3.63, 3.8) is 0 Å². The monoisotopic (exact) mass is 429 g/mol. The van der Waals surface area contributed by atoms with Crippen LogP contribution in [0.25, 0.3) is 0 Å². The molecule has 1 fully saturated rings. The lowest BCUT2D eigenvalue weighted by molar-refractivity contribution is -0.131. The van der Waals surface area contributed by atoms with Gasteiger partial charge in [-0.2, -0.15) is 0 Å². The molecular weight excluding hydrogens is 398 g/mol. The number of nitrogens with one attached hydrogen (secondary N) is 2. The molecule has 2 N–H and O–H groups in total. The van der Waals surface area contributed by atoms with E-state index in [9.17, 15) is 4.79 Å². The van der Waals surface area contributed by atoms with E-state index in [1.165, 1.54) is 4.88 Å². The number of anilines is 1. The van der Waals surface area contributed by atoms with E-state index in [0.29, 0.717) is 18.9 Å². The molecule has 162 valence electrons. The molecule has 1 aliphatic rings. The Labute approximate surface area is 182 Å². The first kappa shape index (κ1) is 22.0. The molecule has 8 nitrogen and oxygen atoms in total. The van der Waals surface area contributed by atoms with Crippen LogP contribution in [0.5, 0.6) is 0 Å². The van der Waals surface area contributed by atoms with Gasteiger partial charge in [0.15, 0.2) is 5.96 Å². The van der Waals surface area contributed by atoms with Crippen molar-refractivity contribution in [2.45, 2.75) is 26.7 Å². The Hall–Kier alpha value is -2.68. The molecule has 0 spiro atoms. The van der Waals surface area contributed by atoms with Crippen molar-refractivity contribution in [2.75, 3.05) is 51.2 Å². The third-order valence-electron chi connectivity index (χ3n) is 5.16. The Morgan fingerprint density at radius 2 is 1.93 bits per heavy atom. The lowest BCUT2D eigenvalue weighted by Gasteiger charge is -2.35. The topological polar surface area (TPSA) is 85.8 Å². The lowest BCUT2D eigenvalue weighted by Crippen LogP contribution is -2.49. The SMILES string of the molecule is CN=C(NCCC(=O)N1CCN(c2ccccn2)CC1)NCCc1nc(C)c(C)s1. The molecule has 0 saturated carbocycles. The van der Waals surface area contributed by atoms with E-state index >= 15 is 0 Å². The lowest BCUT2D eigenvalue weighted by atomic mass is 10.2. The number of thiazole rings is 1. The molecule has 3 rings (SSSR count). The fourth-order valence-electron chi connectivity index (χ4n) is 3.33. The smallest absolute Gasteiger partial charge is 0.224 e. The number of rotatable bonds is 7. The first-order chi connectivity index (χ1) is 14.6. The average Bonchev–Trinajstić information content (AvgIpc) is 3.10. The Balaban J connectivity index is 1.33. The maximum Gasteiger partial charge on any atom is 0.224 e. The maximum absolute atomic E-state index is 12.5. The molecule has 1 saturated heterocycles. The van der Waals surface area contributed by atoms with Gasteiger partial charge in [-0.3, -0.25) is 9.79 Å². The molecule has 0 radical (unpaired) electrons. The highest BCUT2D eigenvalue weighted by atomic mass is 32.1. The summed E-state index contributed by atoms with van der Waals surface area (Å²) in [5, 5.41) is 7.65. The second kappa shape index (κ2) is 10.9. The molecular formula is C21H31N7OS. The van der Waals surface area contributed by atoms with Gasteiger partial charge in [-0.25, -0.2) is 9.97 Å². The zero-order valence-electron chi connectivity index (χ0n) is 18.0. The molecule has 0 unspecified atom stereocenters. The number of hydrogen-bond donors (Lipinski definition) is 2. The minimum atomic E-state index is 0.173. The van der Waals surface area contributed by atoms with Crippen LogP contribution in [-0.4, -0.2) is 73.1 Å². The number of aliphatic imine (C=N–C) groups is 1. The molecule has 0 bridgehead atoms. The number of aromatic nitrogens is 2. The highest BCUT2D eigenvalue weighted by Gasteiger charge is 2.21. The summed E-state index contributed by atoms with van der Waals surface area (Å²) < 4.78 is 0. The van der Waals surface area contributed by atoms with Gasteiger partial charge in [0.1, 0.15) is 5.82 Å². The Kier molecular flexibility index (Phi) is 8.01. The molecule has 0 aromatic carbocycles. The number of amides is 1. The van der Waals surface area contributed by atoms with Crippen LogP contribution in [0, 0.1) is 13.8 Å². The van der Waals surface area contributed by atoms with Crippen molar-refractivity contribution in [2.24, 2.45) is 4.99 Å². The van der Waals surface area contributed by atoms with Crippen LogP contribution in [0.15, 0.2) is 29.4 Å². The van der Waals surface area contributed by atoms with Crippen molar-refractivity contribution in [3.8, 4) is 0 Å². The summed E-state index contributed by atoms with van der Waals surface area (Å²) in [6.45, 7) is 8.55. The van der Waals surface area contributed by atoms with Crippen molar-refractivity contribution in [1.29, 1.82) is 0 Å². The number of pyridine rings is 1. The van der Waals surface area contributed by atoms with Gasteiger partial charge >= 0.3 is 0 Å². The summed E-state index contributed by atoms with van der Waals surface area (Å²) in [6.07, 6.45) is 3.12. The number of aryl methyl sites for hydroxylation is 2. The van der Waals surface area contributed by atoms with Gasteiger partial charge in [-0.05, 0) is 26.0 Å². The number of carbonyl (C=O) groups excluding carboxylic acids is 1. The maximum atomic E-state index is 12.5. The fraction of sp³-hybridized carbons (Fsp3) is 0.524. The van der Waals surface area contributed by atoms with E-state index in [0.717, 1.165) is 55.7 Å². The predicted molar refractivity (Wildman–Crippen MR) is 122 cm³/mol. The molecule has 1 aliphatic heterocycles. The molecule has 30 heavy (non-hydrogen) atoms. The number of carbonyl (C=O) groups is 1. The third kappa shape index (κ3) is 6.16. The number of piperazine rings is 1. The van der Waals surface area contributed by atoms with Gasteiger partial charge in [0.2, 0.25) is 5.91 Å². The van der Waals surface area contributed by atoms with E-state index in [4.69, 9.17) is 0 Å². The summed E-state index contributed by atoms with van der Waals surface area (Å²) >= 11 is 1.74. The van der Waals surface area contributed by atoms with Crippen LogP contribution in [0.1, 0.15) is 22.0 Å². The van der Waals surface area contributed by atoms with E-state index < -0.39 is 0 Å². The second-order valence-corrected chi connectivity index (χ2v) is 8.52. The van der Waals surface area contributed by atoms with Gasteiger partial charge in [-0.1, -0.05) is 6.07 Å². The van der Waals surface area contributed by atoms with Gasteiger partial charge < -0.3 is 20.4 Å². The molecule has 9 heteroatoms. The third-order valence-corrected chi connectivity index (χ3v) is 6.30. The van der Waals surface area contributed by atoms with Crippen LogP contribution in [0.2, 0.25) is 0 Å². The predicted octanol–water partition coefficient (Wildman–Crippen LogP) is 1.60. The highest BCUT2D eigenvalue weighted by Crippen LogP contribution is 2.16. The Morgan fingerprint density at radius 3 is 2.57 bits per heavy atom. The summed E-state index contributed by atoms with van der Waals surface area (Å²) in [5.74, 6) is 1.87. The quantitative estimate of drug-likeness (QED) is 0.514. The van der Waals surface area contributed by atoms with Gasteiger partial charge in [-0.15, -0.1) is 11.3 Å². The molecule has 0 atom stereocenters. The molecule has 2 aromatic rings. The van der Waals surface area contributed by atoms with E-state index in [2.05, 4.69) is 37.4 Å². The van der Waals surface area contributed by atoms with Crippen molar-refractivity contribution < 1.29 is 4.79 Å². The fourth-order valence-corrected chi connectivity index (χ4v) is 4.26. The van der Waals surface area contributed by atoms with Crippen LogP contribution < -0.4 is 15.5 Å². The van der Waals surface area contributed by atoms with Gasteiger partial charge in [0, 0.05) is 70.2 Å². The van der Waals surface area contributed by atoms with Gasteiger partial charge in [0.05, 0.1) is 10.7 Å². The Bertz CT molecular complexity index is 825. The van der Waals surface area contributed by atoms with Crippen LogP contribution >= 0.6 is 11.3 Å². The second-order valence-electron chi connectivity index (χ2n) is 7.23. The summed E-state index contributed by atoms with van der Waals surface area (Å²) in [7, 11) is 1.74. The largest absolute Gasteiger partial charge is 0.356 e. The molecule has 3 heterocycles. The number of nitrogens with zero attached hydrogens (tertiary/aromatic N) is 5. The van der Waals surface area contributed by atoms with Crippen molar-refractivity contribution >= 4 is 29.0 Å².